The topological polar surface area (TPSA) is 91.1 Å². The van der Waals surface area contributed by atoms with Crippen molar-refractivity contribution in [1.29, 1.82) is 0 Å². The number of carbonyl (C=O) groups is 2. The second-order valence-corrected chi connectivity index (χ2v) is 11.4. The van der Waals surface area contributed by atoms with E-state index in [9.17, 15) is 9.59 Å². The number of fused-ring (bicyclic) bond motifs is 3. The number of amides is 1. The van der Waals surface area contributed by atoms with E-state index < -0.39 is 17.7 Å². The molecule has 1 aliphatic rings. The molecule has 0 bridgehead atoms. The third-order valence-electron chi connectivity index (χ3n) is 7.61. The van der Waals surface area contributed by atoms with E-state index in [-0.39, 0.29) is 32.2 Å². The van der Waals surface area contributed by atoms with E-state index >= 15 is 0 Å². The highest BCUT2D eigenvalue weighted by Crippen LogP contribution is 2.44. The van der Waals surface area contributed by atoms with Crippen LogP contribution in [0.1, 0.15) is 66.2 Å². The highest BCUT2D eigenvalue weighted by atomic mass is 16.6. The number of aryl methyl sites for hydroxylation is 3. The number of hydrogen-bond acceptors (Lipinski definition) is 7. The highest BCUT2D eigenvalue weighted by molar-refractivity contribution is 5.80. The van der Waals surface area contributed by atoms with Crippen molar-refractivity contribution in [3.8, 4) is 16.9 Å². The van der Waals surface area contributed by atoms with Crippen molar-refractivity contribution in [2.75, 3.05) is 13.2 Å². The lowest BCUT2D eigenvalue weighted by Gasteiger charge is -2.27. The summed E-state index contributed by atoms with van der Waals surface area (Å²) >= 11 is 0. The first-order valence-electron chi connectivity index (χ1n) is 14.5. The lowest BCUT2D eigenvalue weighted by Crippen LogP contribution is -2.40. The molecule has 1 aromatic heterocycles. The molecule has 8 nitrogen and oxygen atoms in total. The van der Waals surface area contributed by atoms with Gasteiger partial charge in [0.15, 0.2) is 5.60 Å². The molecule has 1 aliphatic carbocycles. The van der Waals surface area contributed by atoms with E-state index in [1.54, 1.807) is 31.9 Å². The second kappa shape index (κ2) is 12.3. The Bertz CT molecular complexity index is 1570. The summed E-state index contributed by atoms with van der Waals surface area (Å²) in [7, 11) is 0. The molecule has 0 unspecified atom stereocenters. The molecule has 0 saturated heterocycles. The molecule has 0 saturated carbocycles. The van der Waals surface area contributed by atoms with Crippen LogP contribution in [0.3, 0.4) is 0 Å². The molecule has 43 heavy (non-hydrogen) atoms. The van der Waals surface area contributed by atoms with Crippen LogP contribution in [0.25, 0.3) is 11.1 Å². The molecule has 4 aromatic rings. The minimum absolute atomic E-state index is 0.0501. The SMILES string of the molecule is CCOC(=O)C(C)(C)Oc1c(C)cc(CN(Cc2ncc(C)o2)C(=O)OCC2c3ccccc3-c3ccccc32)cc1C. The zero-order valence-electron chi connectivity index (χ0n) is 25.6. The molecule has 0 N–H and O–H groups in total. The Labute approximate surface area is 252 Å². The zero-order chi connectivity index (χ0) is 30.7. The summed E-state index contributed by atoms with van der Waals surface area (Å²) in [6.07, 6.45) is 1.17. The van der Waals surface area contributed by atoms with E-state index in [1.165, 1.54) is 11.1 Å². The maximum absolute atomic E-state index is 13.7. The first-order valence-corrected chi connectivity index (χ1v) is 14.5. The number of oxazole rings is 1. The van der Waals surface area contributed by atoms with Crippen LogP contribution < -0.4 is 4.74 Å². The van der Waals surface area contributed by atoms with Crippen LogP contribution in [0.2, 0.25) is 0 Å². The molecule has 0 spiro atoms. The molecular weight excluding hydrogens is 544 g/mol. The van der Waals surface area contributed by atoms with Crippen LogP contribution in [0.5, 0.6) is 5.75 Å². The molecule has 0 aliphatic heterocycles. The van der Waals surface area contributed by atoms with Crippen LogP contribution >= 0.6 is 0 Å². The van der Waals surface area contributed by atoms with Crippen LogP contribution in [0, 0.1) is 20.8 Å². The number of ether oxygens (including phenoxy) is 3. The van der Waals surface area contributed by atoms with Crippen molar-refractivity contribution < 1.29 is 28.2 Å². The van der Waals surface area contributed by atoms with Gasteiger partial charge in [0.2, 0.25) is 5.89 Å². The fourth-order valence-corrected chi connectivity index (χ4v) is 5.62. The van der Waals surface area contributed by atoms with E-state index in [4.69, 9.17) is 18.6 Å². The molecule has 0 atom stereocenters. The van der Waals surface area contributed by atoms with Gasteiger partial charge in [-0.2, -0.15) is 0 Å². The molecular formula is C35H38N2O6. The fourth-order valence-electron chi connectivity index (χ4n) is 5.62. The summed E-state index contributed by atoms with van der Waals surface area (Å²) in [4.78, 5) is 32.0. The summed E-state index contributed by atoms with van der Waals surface area (Å²) in [5, 5.41) is 0. The largest absolute Gasteiger partial charge is 0.476 e. The fraction of sp³-hybridized carbons (Fsp3) is 0.343. The van der Waals surface area contributed by atoms with Crippen molar-refractivity contribution >= 4 is 12.1 Å². The minimum Gasteiger partial charge on any atom is -0.476 e. The Kier molecular flexibility index (Phi) is 8.57. The van der Waals surface area contributed by atoms with Crippen molar-refractivity contribution in [3.05, 3.63) is 106 Å². The summed E-state index contributed by atoms with van der Waals surface area (Å²) in [5.74, 6) is 1.22. The number of benzene rings is 3. The number of aromatic nitrogens is 1. The maximum Gasteiger partial charge on any atom is 0.410 e. The van der Waals surface area contributed by atoms with Crippen LogP contribution in [0.4, 0.5) is 4.79 Å². The average Bonchev–Trinajstić information content (AvgIpc) is 3.53. The number of rotatable bonds is 10. The summed E-state index contributed by atoms with van der Waals surface area (Å²) < 4.78 is 23.0. The Morgan fingerprint density at radius 1 is 0.907 bits per heavy atom. The molecule has 1 amide bonds. The zero-order valence-corrected chi connectivity index (χ0v) is 25.6. The highest BCUT2D eigenvalue weighted by Gasteiger charge is 2.33. The first-order chi connectivity index (χ1) is 20.6. The molecule has 3 aromatic carbocycles. The Balaban J connectivity index is 1.36. The Morgan fingerprint density at radius 3 is 2.07 bits per heavy atom. The summed E-state index contributed by atoms with van der Waals surface area (Å²) in [6, 6.07) is 20.4. The van der Waals surface area contributed by atoms with Gasteiger partial charge in [-0.15, -0.1) is 0 Å². The monoisotopic (exact) mass is 582 g/mol. The maximum atomic E-state index is 13.7. The number of esters is 1. The Morgan fingerprint density at radius 2 is 1.51 bits per heavy atom. The lowest BCUT2D eigenvalue weighted by molar-refractivity contribution is -0.158. The predicted molar refractivity (Wildman–Crippen MR) is 163 cm³/mol. The summed E-state index contributed by atoms with van der Waals surface area (Å²) in [6.45, 7) is 11.7. The summed E-state index contributed by atoms with van der Waals surface area (Å²) in [5.41, 5.74) is 6.06. The van der Waals surface area contributed by atoms with Gasteiger partial charge in [0.05, 0.1) is 12.8 Å². The molecule has 0 radical (unpaired) electrons. The third-order valence-corrected chi connectivity index (χ3v) is 7.61. The predicted octanol–water partition coefficient (Wildman–Crippen LogP) is 7.27. The van der Waals surface area contributed by atoms with Gasteiger partial charge in [-0.3, -0.25) is 4.90 Å². The van der Waals surface area contributed by atoms with Crippen molar-refractivity contribution in [2.45, 2.75) is 66.2 Å². The van der Waals surface area contributed by atoms with E-state index in [1.807, 2.05) is 57.2 Å². The molecule has 5 rings (SSSR count). The molecule has 0 fully saturated rings. The quantitative estimate of drug-likeness (QED) is 0.182. The van der Waals surface area contributed by atoms with Gasteiger partial charge in [-0.25, -0.2) is 14.6 Å². The smallest absolute Gasteiger partial charge is 0.410 e. The number of hydrogen-bond donors (Lipinski definition) is 0. The van der Waals surface area contributed by atoms with E-state index in [2.05, 4.69) is 29.2 Å². The minimum atomic E-state index is -1.15. The van der Waals surface area contributed by atoms with E-state index in [0.29, 0.717) is 17.4 Å². The molecule has 1 heterocycles. The van der Waals surface area contributed by atoms with Crippen LogP contribution in [0.15, 0.2) is 71.3 Å². The van der Waals surface area contributed by atoms with Gasteiger partial charge in [0.25, 0.3) is 0 Å². The van der Waals surface area contributed by atoms with Crippen LogP contribution in [-0.4, -0.2) is 40.8 Å². The van der Waals surface area contributed by atoms with Gasteiger partial charge in [-0.1, -0.05) is 60.7 Å². The molecule has 8 heteroatoms. The van der Waals surface area contributed by atoms with Crippen molar-refractivity contribution in [3.63, 3.8) is 0 Å². The first kappa shape index (κ1) is 29.9. The average molecular weight is 583 g/mol. The van der Waals surface area contributed by atoms with Crippen molar-refractivity contribution in [1.82, 2.24) is 9.88 Å². The number of nitrogens with zero attached hydrogens (tertiary/aromatic N) is 2. The van der Waals surface area contributed by atoms with Gasteiger partial charge in [0.1, 0.15) is 24.7 Å². The van der Waals surface area contributed by atoms with Gasteiger partial charge < -0.3 is 18.6 Å². The van der Waals surface area contributed by atoms with E-state index in [0.717, 1.165) is 27.8 Å². The van der Waals surface area contributed by atoms with Gasteiger partial charge in [-0.05, 0) is 80.5 Å². The second-order valence-electron chi connectivity index (χ2n) is 11.4. The third kappa shape index (κ3) is 6.43. The van der Waals surface area contributed by atoms with Gasteiger partial charge >= 0.3 is 12.1 Å². The molecule has 224 valence electrons. The van der Waals surface area contributed by atoms with Crippen molar-refractivity contribution in [2.24, 2.45) is 0 Å². The van der Waals surface area contributed by atoms with Crippen LogP contribution in [-0.2, 0) is 27.4 Å². The number of carbonyl (C=O) groups excluding carboxylic acids is 2. The van der Waals surface area contributed by atoms with Gasteiger partial charge in [0, 0.05) is 12.5 Å². The normalized spacial score (nSPS) is 12.4. The lowest BCUT2D eigenvalue weighted by atomic mass is 9.98. The Hall–Kier alpha value is -4.59. The standard InChI is InChI=1S/C35H38N2O6/c1-7-40-33(38)35(5,6)43-32-22(2)16-25(17-23(32)3)19-37(20-31-36-18-24(4)42-31)34(39)41-21-30-28-14-10-8-12-26(28)27-13-9-11-15-29(27)30/h8-18,30H,7,19-21H2,1-6H3.